The van der Waals surface area contributed by atoms with Crippen LogP contribution < -0.4 is 0 Å². The first-order valence-electron chi connectivity index (χ1n) is 5.73. The summed E-state index contributed by atoms with van der Waals surface area (Å²) in [6.07, 6.45) is 6.17. The van der Waals surface area contributed by atoms with Gasteiger partial charge in [0.2, 0.25) is 0 Å². The van der Waals surface area contributed by atoms with Crippen LogP contribution in [0.25, 0.3) is 11.6 Å². The summed E-state index contributed by atoms with van der Waals surface area (Å²) in [6.45, 7) is 4.11. The molecule has 0 unspecified atom stereocenters. The van der Waals surface area contributed by atoms with Crippen LogP contribution in [-0.4, -0.2) is 9.97 Å². The molecule has 90 valence electrons. The number of allylic oxidation sites excluding steroid dienone is 1. The highest BCUT2D eigenvalue weighted by atomic mass is 32.1. The van der Waals surface area contributed by atoms with Gasteiger partial charge < -0.3 is 0 Å². The maximum Gasteiger partial charge on any atom is 0.134 e. The Morgan fingerprint density at radius 3 is 2.94 bits per heavy atom. The fourth-order valence-electron chi connectivity index (χ4n) is 1.64. The molecule has 0 aliphatic carbocycles. The topological polar surface area (TPSA) is 49.6 Å². The summed E-state index contributed by atoms with van der Waals surface area (Å²) in [5, 5.41) is 10.0. The minimum Gasteiger partial charge on any atom is -0.264 e. The van der Waals surface area contributed by atoms with Crippen LogP contribution in [0.15, 0.2) is 24.5 Å². The van der Waals surface area contributed by atoms with Gasteiger partial charge >= 0.3 is 0 Å². The van der Waals surface area contributed by atoms with Crippen molar-refractivity contribution in [1.29, 1.82) is 5.26 Å². The van der Waals surface area contributed by atoms with Gasteiger partial charge in [0.15, 0.2) is 0 Å². The van der Waals surface area contributed by atoms with Crippen LogP contribution in [0.1, 0.15) is 28.1 Å². The van der Waals surface area contributed by atoms with Crippen molar-refractivity contribution < 1.29 is 0 Å². The van der Waals surface area contributed by atoms with E-state index in [0.29, 0.717) is 5.57 Å². The number of thiazole rings is 1. The van der Waals surface area contributed by atoms with Crippen LogP contribution in [0.3, 0.4) is 0 Å². The lowest BCUT2D eigenvalue weighted by molar-refractivity contribution is 1.04. The molecule has 0 saturated carbocycles. The van der Waals surface area contributed by atoms with E-state index >= 15 is 0 Å². The minimum absolute atomic E-state index is 0.593. The van der Waals surface area contributed by atoms with E-state index in [1.54, 1.807) is 23.7 Å². The molecule has 2 rings (SSSR count). The first-order chi connectivity index (χ1) is 8.74. The molecule has 3 nitrogen and oxygen atoms in total. The van der Waals surface area contributed by atoms with Crippen molar-refractivity contribution in [2.24, 2.45) is 0 Å². The van der Waals surface area contributed by atoms with Crippen LogP contribution in [0.2, 0.25) is 0 Å². The molecular weight excluding hydrogens is 242 g/mol. The van der Waals surface area contributed by atoms with Crippen LogP contribution >= 0.6 is 11.3 Å². The number of hydrogen-bond donors (Lipinski definition) is 0. The Balaban J connectivity index is 2.40. The standard InChI is InChI=1S/C14H13N3S/c1-3-13-10(2)18-14(17-13)12(8-15)7-11-5-4-6-16-9-11/h4-7,9H,3H2,1-2H3/b12-7-. The molecule has 0 aromatic carbocycles. The number of pyridine rings is 1. The zero-order chi connectivity index (χ0) is 13.0. The number of nitriles is 1. The summed E-state index contributed by atoms with van der Waals surface area (Å²) in [5.74, 6) is 0. The van der Waals surface area contributed by atoms with Gasteiger partial charge in [-0.2, -0.15) is 5.26 Å². The average molecular weight is 255 g/mol. The molecular formula is C14H13N3S. The van der Waals surface area contributed by atoms with E-state index in [-0.39, 0.29) is 0 Å². The van der Waals surface area contributed by atoms with Crippen LogP contribution in [0, 0.1) is 18.3 Å². The molecule has 0 atom stereocenters. The quantitative estimate of drug-likeness (QED) is 0.789. The third kappa shape index (κ3) is 2.63. The van der Waals surface area contributed by atoms with Gasteiger partial charge in [0.1, 0.15) is 11.1 Å². The lowest BCUT2D eigenvalue weighted by Gasteiger charge is -1.94. The largest absolute Gasteiger partial charge is 0.264 e. The molecule has 0 spiro atoms. The van der Waals surface area contributed by atoms with E-state index in [0.717, 1.165) is 22.7 Å². The van der Waals surface area contributed by atoms with E-state index in [4.69, 9.17) is 0 Å². The van der Waals surface area contributed by atoms with Crippen LogP contribution in [0.4, 0.5) is 0 Å². The van der Waals surface area contributed by atoms with Crippen molar-refractivity contribution in [3.63, 3.8) is 0 Å². The van der Waals surface area contributed by atoms with Gasteiger partial charge in [-0.15, -0.1) is 11.3 Å². The molecule has 2 heterocycles. The monoisotopic (exact) mass is 255 g/mol. The van der Waals surface area contributed by atoms with Crippen LogP contribution in [0.5, 0.6) is 0 Å². The van der Waals surface area contributed by atoms with Gasteiger partial charge in [-0.3, -0.25) is 4.98 Å². The highest BCUT2D eigenvalue weighted by Gasteiger charge is 2.10. The Morgan fingerprint density at radius 1 is 1.56 bits per heavy atom. The molecule has 0 aliphatic heterocycles. The predicted octanol–water partition coefficient (Wildman–Crippen LogP) is 3.47. The van der Waals surface area contributed by atoms with E-state index in [9.17, 15) is 5.26 Å². The average Bonchev–Trinajstić information content (AvgIpc) is 2.78. The fourth-order valence-corrected chi connectivity index (χ4v) is 2.61. The summed E-state index contributed by atoms with van der Waals surface area (Å²) < 4.78 is 0. The molecule has 0 amide bonds. The maximum absolute atomic E-state index is 9.24. The molecule has 0 radical (unpaired) electrons. The van der Waals surface area contributed by atoms with E-state index in [1.807, 2.05) is 25.1 Å². The second-order valence-electron chi connectivity index (χ2n) is 3.83. The zero-order valence-corrected chi connectivity index (χ0v) is 11.2. The molecule has 0 N–H and O–H groups in total. The number of nitrogens with zero attached hydrogens (tertiary/aromatic N) is 3. The first kappa shape index (κ1) is 12.5. The molecule has 2 aromatic heterocycles. The van der Waals surface area contributed by atoms with Gasteiger partial charge in [0, 0.05) is 17.3 Å². The van der Waals surface area contributed by atoms with Crippen molar-refractivity contribution in [2.45, 2.75) is 20.3 Å². The Hall–Kier alpha value is -1.99. The van der Waals surface area contributed by atoms with Crippen molar-refractivity contribution in [2.75, 3.05) is 0 Å². The Bertz CT molecular complexity index is 606. The second kappa shape index (κ2) is 5.56. The van der Waals surface area contributed by atoms with E-state index in [2.05, 4.69) is 23.0 Å². The smallest absolute Gasteiger partial charge is 0.134 e. The lowest BCUT2D eigenvalue weighted by Crippen LogP contribution is -1.85. The third-order valence-electron chi connectivity index (χ3n) is 2.57. The molecule has 0 fully saturated rings. The molecule has 0 bridgehead atoms. The van der Waals surface area contributed by atoms with Crippen LogP contribution in [-0.2, 0) is 6.42 Å². The van der Waals surface area contributed by atoms with Gasteiger partial charge in [-0.25, -0.2) is 4.98 Å². The SMILES string of the molecule is CCc1nc(/C(C#N)=C\c2cccnc2)sc1C. The minimum atomic E-state index is 0.593. The normalized spacial score (nSPS) is 11.3. The van der Waals surface area contributed by atoms with Crippen molar-refractivity contribution in [1.82, 2.24) is 9.97 Å². The molecule has 18 heavy (non-hydrogen) atoms. The van der Waals surface area contributed by atoms with E-state index < -0.39 is 0 Å². The Kier molecular flexibility index (Phi) is 3.85. The Morgan fingerprint density at radius 2 is 2.39 bits per heavy atom. The Labute approximate surface area is 110 Å². The van der Waals surface area contributed by atoms with Crippen molar-refractivity contribution in [3.05, 3.63) is 45.7 Å². The highest BCUT2D eigenvalue weighted by molar-refractivity contribution is 7.12. The fraction of sp³-hybridized carbons (Fsp3) is 0.214. The van der Waals surface area contributed by atoms with Gasteiger partial charge in [-0.05, 0) is 31.1 Å². The van der Waals surface area contributed by atoms with Gasteiger partial charge in [0.25, 0.3) is 0 Å². The predicted molar refractivity (Wildman–Crippen MR) is 74.0 cm³/mol. The highest BCUT2D eigenvalue weighted by Crippen LogP contribution is 2.25. The molecule has 4 heteroatoms. The molecule has 2 aromatic rings. The summed E-state index contributed by atoms with van der Waals surface area (Å²) in [5.41, 5.74) is 2.58. The number of hydrogen-bond acceptors (Lipinski definition) is 4. The summed E-state index contributed by atoms with van der Waals surface area (Å²) in [7, 11) is 0. The number of rotatable bonds is 3. The lowest BCUT2D eigenvalue weighted by atomic mass is 10.2. The summed E-state index contributed by atoms with van der Waals surface area (Å²) in [4.78, 5) is 9.72. The summed E-state index contributed by atoms with van der Waals surface area (Å²) in [6, 6.07) is 5.99. The second-order valence-corrected chi connectivity index (χ2v) is 5.03. The molecule has 0 saturated heterocycles. The number of aromatic nitrogens is 2. The van der Waals surface area contributed by atoms with Crippen molar-refractivity contribution in [3.8, 4) is 6.07 Å². The van der Waals surface area contributed by atoms with Gasteiger partial charge in [0.05, 0.1) is 11.3 Å². The zero-order valence-electron chi connectivity index (χ0n) is 10.3. The molecule has 0 aliphatic rings. The third-order valence-corrected chi connectivity index (χ3v) is 3.62. The summed E-state index contributed by atoms with van der Waals surface area (Å²) >= 11 is 1.57. The van der Waals surface area contributed by atoms with Gasteiger partial charge in [-0.1, -0.05) is 13.0 Å². The first-order valence-corrected chi connectivity index (χ1v) is 6.54. The number of aryl methyl sites for hydroxylation is 2. The maximum atomic E-state index is 9.24. The van der Waals surface area contributed by atoms with E-state index in [1.165, 1.54) is 4.88 Å². The van der Waals surface area contributed by atoms with Crippen molar-refractivity contribution >= 4 is 23.0 Å².